The Morgan fingerprint density at radius 1 is 1.05 bits per heavy atom. The zero-order valence-corrected chi connectivity index (χ0v) is 12.1. The first kappa shape index (κ1) is 14.0. The molecule has 0 unspecified atom stereocenters. The van der Waals surface area contributed by atoms with E-state index in [-0.39, 0.29) is 0 Å². The number of nitrogens with one attached hydrogen (secondary N) is 1. The highest BCUT2D eigenvalue weighted by atomic mass is 35.5. The summed E-state index contributed by atoms with van der Waals surface area (Å²) in [4.78, 5) is 0. The molecule has 2 aromatic carbocycles. The fourth-order valence-corrected chi connectivity index (χ4v) is 2.23. The summed E-state index contributed by atoms with van der Waals surface area (Å²) < 4.78 is 5.59. The maximum Gasteiger partial charge on any atom is 0.156 e. The molecule has 0 atom stereocenters. The van der Waals surface area contributed by atoms with Crippen LogP contribution >= 0.6 is 23.2 Å². The summed E-state index contributed by atoms with van der Waals surface area (Å²) >= 11 is 12.0. The van der Waals surface area contributed by atoms with E-state index in [2.05, 4.69) is 24.4 Å². The number of rotatable bonds is 5. The standard InChI is InChI=1S/C15H15Cl2NO/c1-11-4-2-5-12(10-11)18-8-9-19-15-13(16)6-3-7-14(15)17/h2-7,10,18H,8-9H2,1H3. The molecule has 0 heterocycles. The van der Waals surface area contributed by atoms with E-state index < -0.39 is 0 Å². The number of halogens is 2. The Morgan fingerprint density at radius 2 is 1.74 bits per heavy atom. The SMILES string of the molecule is Cc1cccc(NCCOc2c(Cl)cccc2Cl)c1. The van der Waals surface area contributed by atoms with Crippen LogP contribution in [0.1, 0.15) is 5.56 Å². The van der Waals surface area contributed by atoms with Gasteiger partial charge in [0.05, 0.1) is 10.0 Å². The van der Waals surface area contributed by atoms with Gasteiger partial charge in [-0.3, -0.25) is 0 Å². The molecule has 4 heteroatoms. The third-order valence-corrected chi connectivity index (χ3v) is 3.21. The van der Waals surface area contributed by atoms with Crippen molar-refractivity contribution in [1.82, 2.24) is 0 Å². The fourth-order valence-electron chi connectivity index (χ4n) is 1.72. The summed E-state index contributed by atoms with van der Waals surface area (Å²) in [5.41, 5.74) is 2.30. The van der Waals surface area contributed by atoms with Crippen LogP contribution in [0.3, 0.4) is 0 Å². The largest absolute Gasteiger partial charge is 0.489 e. The van der Waals surface area contributed by atoms with Gasteiger partial charge in [-0.05, 0) is 36.8 Å². The second-order valence-electron chi connectivity index (χ2n) is 4.20. The minimum atomic E-state index is 0.497. The molecule has 2 nitrogen and oxygen atoms in total. The molecule has 0 amide bonds. The first-order valence-electron chi connectivity index (χ1n) is 6.04. The molecule has 0 saturated carbocycles. The van der Waals surface area contributed by atoms with Crippen LogP contribution in [0.4, 0.5) is 5.69 Å². The fraction of sp³-hybridized carbons (Fsp3) is 0.200. The van der Waals surface area contributed by atoms with Crippen molar-refractivity contribution in [3.8, 4) is 5.75 Å². The number of aryl methyl sites for hydroxylation is 1. The Labute approximate surface area is 123 Å². The highest BCUT2D eigenvalue weighted by Crippen LogP contribution is 2.32. The van der Waals surface area contributed by atoms with Gasteiger partial charge < -0.3 is 10.1 Å². The molecule has 0 aromatic heterocycles. The monoisotopic (exact) mass is 295 g/mol. The molecule has 2 rings (SSSR count). The highest BCUT2D eigenvalue weighted by Gasteiger charge is 2.05. The van der Waals surface area contributed by atoms with Gasteiger partial charge in [0.2, 0.25) is 0 Å². The zero-order chi connectivity index (χ0) is 13.7. The lowest BCUT2D eigenvalue weighted by Gasteiger charge is -2.11. The van der Waals surface area contributed by atoms with Gasteiger partial charge in [0.25, 0.3) is 0 Å². The number of anilines is 1. The van der Waals surface area contributed by atoms with Crippen LogP contribution in [-0.2, 0) is 0 Å². The third kappa shape index (κ3) is 4.05. The van der Waals surface area contributed by atoms with E-state index in [1.54, 1.807) is 18.2 Å². The number of para-hydroxylation sites is 1. The van der Waals surface area contributed by atoms with E-state index >= 15 is 0 Å². The van der Waals surface area contributed by atoms with Gasteiger partial charge in [0, 0.05) is 12.2 Å². The molecule has 0 bridgehead atoms. The maximum absolute atomic E-state index is 6.02. The normalized spacial score (nSPS) is 10.3. The van der Waals surface area contributed by atoms with Crippen molar-refractivity contribution in [2.75, 3.05) is 18.5 Å². The molecule has 0 aliphatic rings. The predicted molar refractivity (Wildman–Crippen MR) is 81.6 cm³/mol. The molecule has 1 N–H and O–H groups in total. The molecule has 0 aliphatic carbocycles. The minimum Gasteiger partial charge on any atom is -0.489 e. The van der Waals surface area contributed by atoms with Gasteiger partial charge in [-0.25, -0.2) is 0 Å². The lowest BCUT2D eigenvalue weighted by atomic mass is 10.2. The average molecular weight is 296 g/mol. The van der Waals surface area contributed by atoms with Gasteiger partial charge in [-0.15, -0.1) is 0 Å². The summed E-state index contributed by atoms with van der Waals surface area (Å²) in [6, 6.07) is 13.5. The highest BCUT2D eigenvalue weighted by molar-refractivity contribution is 6.37. The van der Waals surface area contributed by atoms with E-state index in [9.17, 15) is 0 Å². The van der Waals surface area contributed by atoms with Crippen molar-refractivity contribution >= 4 is 28.9 Å². The van der Waals surface area contributed by atoms with Crippen LogP contribution in [0.25, 0.3) is 0 Å². The first-order chi connectivity index (χ1) is 9.16. The van der Waals surface area contributed by atoms with Crippen molar-refractivity contribution < 1.29 is 4.74 Å². The van der Waals surface area contributed by atoms with Crippen molar-refractivity contribution in [3.63, 3.8) is 0 Å². The Kier molecular flexibility index (Phi) is 4.94. The van der Waals surface area contributed by atoms with Gasteiger partial charge in [0.1, 0.15) is 6.61 Å². The minimum absolute atomic E-state index is 0.497. The Hall–Kier alpha value is -1.38. The molecule has 0 saturated heterocycles. The van der Waals surface area contributed by atoms with E-state index in [1.165, 1.54) is 5.56 Å². The molecule has 100 valence electrons. The lowest BCUT2D eigenvalue weighted by molar-refractivity contribution is 0.333. The summed E-state index contributed by atoms with van der Waals surface area (Å²) in [6.07, 6.45) is 0. The first-order valence-corrected chi connectivity index (χ1v) is 6.80. The number of ether oxygens (including phenoxy) is 1. The van der Waals surface area contributed by atoms with Crippen LogP contribution in [0.2, 0.25) is 10.0 Å². The lowest BCUT2D eigenvalue weighted by Crippen LogP contribution is -2.11. The predicted octanol–water partition coefficient (Wildman–Crippen LogP) is 4.79. The van der Waals surface area contributed by atoms with Crippen molar-refractivity contribution in [2.24, 2.45) is 0 Å². The maximum atomic E-state index is 6.02. The van der Waals surface area contributed by atoms with Crippen molar-refractivity contribution in [2.45, 2.75) is 6.92 Å². The van der Waals surface area contributed by atoms with Crippen LogP contribution in [0.15, 0.2) is 42.5 Å². The van der Waals surface area contributed by atoms with Gasteiger partial charge in [-0.2, -0.15) is 0 Å². The Balaban J connectivity index is 1.84. The van der Waals surface area contributed by atoms with Crippen LogP contribution in [0, 0.1) is 6.92 Å². The second kappa shape index (κ2) is 6.69. The van der Waals surface area contributed by atoms with Gasteiger partial charge in [0.15, 0.2) is 5.75 Å². The summed E-state index contributed by atoms with van der Waals surface area (Å²) in [7, 11) is 0. The topological polar surface area (TPSA) is 21.3 Å². The molecule has 0 aliphatic heterocycles. The molecule has 0 fully saturated rings. The molecular weight excluding hydrogens is 281 g/mol. The Morgan fingerprint density at radius 3 is 2.42 bits per heavy atom. The van der Waals surface area contributed by atoms with Crippen LogP contribution < -0.4 is 10.1 Å². The van der Waals surface area contributed by atoms with Gasteiger partial charge in [-0.1, -0.05) is 41.4 Å². The average Bonchev–Trinajstić information content (AvgIpc) is 2.37. The summed E-state index contributed by atoms with van der Waals surface area (Å²) in [5.74, 6) is 0.539. The molecular formula is C15H15Cl2NO. The number of hydrogen-bond acceptors (Lipinski definition) is 2. The second-order valence-corrected chi connectivity index (χ2v) is 5.01. The van der Waals surface area contributed by atoms with E-state index in [0.29, 0.717) is 28.9 Å². The molecule has 0 spiro atoms. The van der Waals surface area contributed by atoms with Crippen molar-refractivity contribution in [3.05, 3.63) is 58.1 Å². The summed E-state index contributed by atoms with van der Waals surface area (Å²) in [6.45, 7) is 3.24. The van der Waals surface area contributed by atoms with E-state index in [0.717, 1.165) is 5.69 Å². The molecule has 2 aromatic rings. The third-order valence-electron chi connectivity index (χ3n) is 2.61. The van der Waals surface area contributed by atoms with Crippen LogP contribution in [-0.4, -0.2) is 13.2 Å². The van der Waals surface area contributed by atoms with E-state index in [4.69, 9.17) is 27.9 Å². The molecule has 0 radical (unpaired) electrons. The van der Waals surface area contributed by atoms with Gasteiger partial charge >= 0.3 is 0 Å². The molecule has 19 heavy (non-hydrogen) atoms. The summed E-state index contributed by atoms with van der Waals surface area (Å²) in [5, 5.41) is 4.34. The smallest absolute Gasteiger partial charge is 0.156 e. The number of hydrogen-bond donors (Lipinski definition) is 1. The van der Waals surface area contributed by atoms with E-state index in [1.807, 2.05) is 12.1 Å². The number of benzene rings is 2. The zero-order valence-electron chi connectivity index (χ0n) is 10.6. The Bertz CT molecular complexity index is 537. The van der Waals surface area contributed by atoms with Crippen molar-refractivity contribution in [1.29, 1.82) is 0 Å². The van der Waals surface area contributed by atoms with Crippen LogP contribution in [0.5, 0.6) is 5.75 Å². The quantitative estimate of drug-likeness (QED) is 0.801.